The number of rotatable bonds is 4. The van der Waals surface area contributed by atoms with Crippen LogP contribution in [0.25, 0.3) is 0 Å². The molecule has 0 aromatic heterocycles. The van der Waals surface area contributed by atoms with Crippen LogP contribution in [0.5, 0.6) is 0 Å². The van der Waals surface area contributed by atoms with Gasteiger partial charge in [-0.2, -0.15) is 0 Å². The molecule has 1 aliphatic heterocycles. The molecular weight excluding hydrogens is 192 g/mol. The number of nitrogens with two attached hydrogens (primary N) is 1. The number of hydrogen-bond donors (Lipinski definition) is 1. The van der Waals surface area contributed by atoms with E-state index < -0.39 is 0 Å². The lowest BCUT2D eigenvalue weighted by Crippen LogP contribution is -2.09. The molecule has 15 heavy (non-hydrogen) atoms. The Morgan fingerprint density at radius 3 is 3.00 bits per heavy atom. The fourth-order valence-electron chi connectivity index (χ4n) is 1.61. The van der Waals surface area contributed by atoms with Gasteiger partial charge in [0.2, 0.25) is 5.90 Å². The Bertz CT molecular complexity index is 363. The second kappa shape index (κ2) is 4.91. The molecule has 1 aliphatic rings. The van der Waals surface area contributed by atoms with Gasteiger partial charge in [-0.25, -0.2) is 10.9 Å². The lowest BCUT2D eigenvalue weighted by molar-refractivity contribution is 0.141. The fourth-order valence-corrected chi connectivity index (χ4v) is 1.61. The Kier molecular flexibility index (Phi) is 3.32. The van der Waals surface area contributed by atoms with Crippen LogP contribution in [0.2, 0.25) is 0 Å². The van der Waals surface area contributed by atoms with E-state index in [1.807, 2.05) is 24.3 Å². The molecule has 80 valence electrons. The average Bonchev–Trinajstić information content (AvgIpc) is 2.80. The highest BCUT2D eigenvalue weighted by Gasteiger charge is 2.13. The third kappa shape index (κ3) is 2.34. The van der Waals surface area contributed by atoms with Gasteiger partial charge >= 0.3 is 0 Å². The number of aliphatic imine (C=N–C) groups is 1. The highest BCUT2D eigenvalue weighted by molar-refractivity contribution is 5.96. The van der Waals surface area contributed by atoms with Gasteiger partial charge in [0.05, 0.1) is 13.2 Å². The van der Waals surface area contributed by atoms with Crippen LogP contribution < -0.4 is 5.90 Å². The van der Waals surface area contributed by atoms with Gasteiger partial charge in [-0.05, 0) is 18.1 Å². The molecule has 0 radical (unpaired) electrons. The summed E-state index contributed by atoms with van der Waals surface area (Å²) < 4.78 is 5.44. The van der Waals surface area contributed by atoms with Gasteiger partial charge in [0.25, 0.3) is 0 Å². The van der Waals surface area contributed by atoms with Gasteiger partial charge in [-0.3, -0.25) is 0 Å². The van der Waals surface area contributed by atoms with Crippen molar-refractivity contribution < 1.29 is 9.57 Å². The molecule has 1 aromatic carbocycles. The molecule has 0 fully saturated rings. The second-order valence-electron chi connectivity index (χ2n) is 3.31. The highest BCUT2D eigenvalue weighted by Crippen LogP contribution is 2.14. The first-order valence-electron chi connectivity index (χ1n) is 4.99. The van der Waals surface area contributed by atoms with Crippen molar-refractivity contribution in [2.45, 2.75) is 6.42 Å². The highest BCUT2D eigenvalue weighted by atomic mass is 16.6. The molecule has 0 spiro atoms. The molecule has 0 unspecified atom stereocenters. The standard InChI is InChI=1S/C11H14N2O2/c12-15-7-5-9-3-1-2-4-10(9)11-13-6-8-14-11/h1-4H,5-8,12H2. The maximum absolute atomic E-state index is 5.44. The predicted molar refractivity (Wildman–Crippen MR) is 57.6 cm³/mol. The SMILES string of the molecule is NOCCc1ccccc1C1=NCCO1. The van der Waals surface area contributed by atoms with E-state index in [0.29, 0.717) is 13.2 Å². The van der Waals surface area contributed by atoms with Crippen LogP contribution in [-0.2, 0) is 16.0 Å². The van der Waals surface area contributed by atoms with Gasteiger partial charge in [0, 0.05) is 5.56 Å². The van der Waals surface area contributed by atoms with Crippen LogP contribution in [0.4, 0.5) is 0 Å². The first-order chi connectivity index (χ1) is 7.42. The minimum absolute atomic E-state index is 0.504. The van der Waals surface area contributed by atoms with Gasteiger partial charge < -0.3 is 9.57 Å². The Morgan fingerprint density at radius 2 is 2.27 bits per heavy atom. The number of hydrogen-bond acceptors (Lipinski definition) is 4. The third-order valence-electron chi connectivity index (χ3n) is 2.32. The van der Waals surface area contributed by atoms with Crippen molar-refractivity contribution in [3.8, 4) is 0 Å². The topological polar surface area (TPSA) is 56.8 Å². The van der Waals surface area contributed by atoms with Crippen molar-refractivity contribution >= 4 is 5.90 Å². The minimum Gasteiger partial charge on any atom is -0.476 e. The Labute approximate surface area is 88.7 Å². The van der Waals surface area contributed by atoms with Crippen molar-refractivity contribution in [2.75, 3.05) is 19.8 Å². The van der Waals surface area contributed by atoms with E-state index >= 15 is 0 Å². The molecule has 0 aliphatic carbocycles. The van der Waals surface area contributed by atoms with E-state index in [2.05, 4.69) is 9.83 Å². The second-order valence-corrected chi connectivity index (χ2v) is 3.31. The van der Waals surface area contributed by atoms with Gasteiger partial charge in [-0.1, -0.05) is 18.2 Å². The molecule has 2 N–H and O–H groups in total. The van der Waals surface area contributed by atoms with E-state index in [1.165, 1.54) is 0 Å². The van der Waals surface area contributed by atoms with Crippen molar-refractivity contribution in [3.05, 3.63) is 35.4 Å². The number of benzene rings is 1. The number of ether oxygens (including phenoxy) is 1. The molecule has 4 nitrogen and oxygen atoms in total. The summed E-state index contributed by atoms with van der Waals surface area (Å²) >= 11 is 0. The van der Waals surface area contributed by atoms with E-state index in [4.69, 9.17) is 10.6 Å². The van der Waals surface area contributed by atoms with E-state index in [1.54, 1.807) is 0 Å². The van der Waals surface area contributed by atoms with E-state index in [0.717, 1.165) is 30.0 Å². The van der Waals surface area contributed by atoms with Crippen molar-refractivity contribution in [2.24, 2.45) is 10.9 Å². The van der Waals surface area contributed by atoms with E-state index in [9.17, 15) is 0 Å². The monoisotopic (exact) mass is 206 g/mol. The fraction of sp³-hybridized carbons (Fsp3) is 0.364. The summed E-state index contributed by atoms with van der Waals surface area (Å²) in [5.41, 5.74) is 2.20. The summed E-state index contributed by atoms with van der Waals surface area (Å²) in [6.45, 7) is 1.93. The largest absolute Gasteiger partial charge is 0.476 e. The summed E-state index contributed by atoms with van der Waals surface area (Å²) in [4.78, 5) is 8.88. The Balaban J connectivity index is 2.21. The van der Waals surface area contributed by atoms with Crippen LogP contribution in [0.1, 0.15) is 11.1 Å². The molecule has 0 atom stereocenters. The quantitative estimate of drug-likeness (QED) is 0.744. The van der Waals surface area contributed by atoms with Crippen LogP contribution in [0, 0.1) is 0 Å². The van der Waals surface area contributed by atoms with Gasteiger partial charge in [0.15, 0.2) is 0 Å². The Hall–Kier alpha value is -1.39. The molecule has 1 aromatic rings. The van der Waals surface area contributed by atoms with Gasteiger partial charge in [-0.15, -0.1) is 0 Å². The van der Waals surface area contributed by atoms with Crippen molar-refractivity contribution in [1.29, 1.82) is 0 Å². The molecule has 1 heterocycles. The molecule has 0 bridgehead atoms. The van der Waals surface area contributed by atoms with Crippen LogP contribution in [0.15, 0.2) is 29.3 Å². The smallest absolute Gasteiger partial charge is 0.216 e. The maximum atomic E-state index is 5.44. The summed E-state index contributed by atoms with van der Waals surface area (Å²) in [7, 11) is 0. The summed E-state index contributed by atoms with van der Waals surface area (Å²) in [6, 6.07) is 8.02. The van der Waals surface area contributed by atoms with Crippen molar-refractivity contribution in [3.63, 3.8) is 0 Å². The zero-order valence-electron chi connectivity index (χ0n) is 8.48. The Morgan fingerprint density at radius 1 is 1.40 bits per heavy atom. The first kappa shape index (κ1) is 10.1. The zero-order chi connectivity index (χ0) is 10.5. The first-order valence-corrected chi connectivity index (χ1v) is 4.99. The molecule has 0 saturated heterocycles. The minimum atomic E-state index is 0.504. The molecule has 0 saturated carbocycles. The van der Waals surface area contributed by atoms with Crippen LogP contribution in [-0.4, -0.2) is 25.7 Å². The van der Waals surface area contributed by atoms with Gasteiger partial charge in [0.1, 0.15) is 6.61 Å². The summed E-state index contributed by atoms with van der Waals surface area (Å²) in [6.07, 6.45) is 0.773. The van der Waals surface area contributed by atoms with E-state index in [-0.39, 0.29) is 0 Å². The molecular formula is C11H14N2O2. The lowest BCUT2D eigenvalue weighted by atomic mass is 10.1. The maximum Gasteiger partial charge on any atom is 0.216 e. The molecule has 2 rings (SSSR count). The normalized spacial score (nSPS) is 14.9. The predicted octanol–water partition coefficient (Wildman–Crippen LogP) is 0.896. The molecule has 4 heteroatoms. The summed E-state index contributed by atoms with van der Waals surface area (Å²) in [5.74, 6) is 5.76. The lowest BCUT2D eigenvalue weighted by Gasteiger charge is -2.08. The summed E-state index contributed by atoms with van der Waals surface area (Å²) in [5, 5.41) is 0. The molecule has 0 amide bonds. The third-order valence-corrected chi connectivity index (χ3v) is 2.32. The average molecular weight is 206 g/mol. The van der Waals surface area contributed by atoms with Crippen LogP contribution >= 0.6 is 0 Å². The number of nitrogens with zero attached hydrogens (tertiary/aromatic N) is 1. The zero-order valence-corrected chi connectivity index (χ0v) is 8.48. The van der Waals surface area contributed by atoms with Crippen molar-refractivity contribution in [1.82, 2.24) is 0 Å². The van der Waals surface area contributed by atoms with Crippen LogP contribution in [0.3, 0.4) is 0 Å².